The lowest BCUT2D eigenvalue weighted by Crippen LogP contribution is -2.51. The molecule has 14 atom stereocenters. The smallest absolute Gasteiger partial charge is 0.224 e. The summed E-state index contributed by atoms with van der Waals surface area (Å²) in [6, 6.07) is 0. The Kier molecular flexibility index (Phi) is 48.5. The molecule has 0 aromatic carbocycles. The van der Waals surface area contributed by atoms with E-state index in [1.54, 1.807) is 36.5 Å². The molecule has 0 bridgehead atoms. The Morgan fingerprint density at radius 1 is 0.336 bits per heavy atom. The van der Waals surface area contributed by atoms with Gasteiger partial charge in [0.05, 0.1) is 71.0 Å². The summed E-state index contributed by atoms with van der Waals surface area (Å²) in [5.41, 5.74) is 30.5. The van der Waals surface area contributed by atoms with Crippen molar-refractivity contribution in [2.24, 2.45) is 146 Å². The first-order chi connectivity index (χ1) is 52.5. The van der Waals surface area contributed by atoms with Crippen LogP contribution in [0.5, 0.6) is 0 Å². The second-order valence-corrected chi connectivity index (χ2v) is 41.4. The summed E-state index contributed by atoms with van der Waals surface area (Å²) in [5.74, 6) is -5.97. The first kappa shape index (κ1) is 112. The Morgan fingerprint density at radius 2 is 0.569 bits per heavy atom. The van der Waals surface area contributed by atoms with E-state index in [-0.39, 0.29) is 112 Å². The number of nitrogens with two attached hydrogens (primary N) is 6. The van der Waals surface area contributed by atoms with Gasteiger partial charge in [0.2, 0.25) is 70.9 Å². The number of amides is 12. The van der Waals surface area contributed by atoms with Crippen LogP contribution in [0.15, 0.2) is 75.9 Å². The van der Waals surface area contributed by atoms with Crippen LogP contribution in [0, 0.1) is 111 Å². The van der Waals surface area contributed by atoms with Crippen molar-refractivity contribution in [2.45, 2.75) is 323 Å². The molecule has 24 nitrogen and oxygen atoms in total. The van der Waals surface area contributed by atoms with Gasteiger partial charge in [-0.05, 0) is 236 Å². The highest BCUT2D eigenvalue weighted by Gasteiger charge is 2.45. The van der Waals surface area contributed by atoms with Crippen LogP contribution in [-0.4, -0.2) is 104 Å². The Labute approximate surface area is 710 Å². The van der Waals surface area contributed by atoms with E-state index in [0.717, 1.165) is 51.4 Å². The molecule has 0 aliphatic heterocycles. The highest BCUT2D eigenvalue weighted by Crippen LogP contribution is 2.45. The molecule has 24 heteroatoms. The maximum Gasteiger partial charge on any atom is 0.224 e. The third-order valence-electron chi connectivity index (χ3n) is 19.8. The summed E-state index contributed by atoms with van der Waals surface area (Å²) >= 11 is 0. The minimum Gasteiger partial charge on any atom is -0.369 e. The quantitative estimate of drug-likeness (QED) is 0.0257. The Morgan fingerprint density at radius 3 is 0.784 bits per heavy atom. The normalized spacial score (nSPS) is 18.0. The largest absolute Gasteiger partial charge is 0.369 e. The molecule has 0 aromatic heterocycles. The van der Waals surface area contributed by atoms with E-state index in [2.05, 4.69) is 99.1 Å². The van der Waals surface area contributed by atoms with Crippen LogP contribution in [-0.2, 0) is 57.5 Å². The standard InChI is InChI=1S/2C16H28N2O2.C16H30N2O2.C15H26N2O2.C15H28N2O2.C14H26N2O2.6H2/c1-6-7-12(14(17)19)13(9-11-8-10(11)2)15(20)18-16(3,4)5;1-5-7-12(14(17)19)13(10-11-8-6-9-11)15(20)18-16(2,3)4;1-8-9-11(13(17)19)12(10-15(2,3)4)14(20)18-16(5,6)7;1-5-6-11(13(16)18)12(9-10-7-8-10)14(19)17-15(2,3)4;1-8-9-10(12(16)18)11(14(2,3)4)13(19)17-15(5,6)7;1-7-8-10(12(15)17)11(9(2)3)13(18)16-14(4,5)6;;;;;;/h6,10-13H,1,7-9H2,2-5H3,(H2,17,19)(H,18,20);5,11-13H,1,6-10H2,2-4H3,(H2,17,19)(H,18,20);8,11-12H,1,9-10H2,2-7H3,(H2,17,19)(H,18,20);5,10-12H,1,6-9H2,2-4H3,(H2,16,18)(H,17,19);8,10-11H,1,9H2,2-7H3,(H2,16,18)(H,17,19);7,9-11H,1,8H2,2-6H3,(H2,15,17)(H,16,18);6*1H/t10?,11?,12-,13+;12-,13+;2*11-,12+;2*10-,11+;;;;;;/m000000....../s1. The van der Waals surface area contributed by atoms with Gasteiger partial charge in [-0.25, -0.2) is 0 Å². The predicted octanol–water partition coefficient (Wildman–Crippen LogP) is 14.8. The van der Waals surface area contributed by atoms with E-state index < -0.39 is 88.7 Å². The number of hydrogen-bond acceptors (Lipinski definition) is 12. The molecule has 0 aromatic rings. The fourth-order valence-electron chi connectivity index (χ4n) is 14.0. The van der Waals surface area contributed by atoms with Gasteiger partial charge in [0, 0.05) is 41.8 Å². The van der Waals surface area contributed by atoms with Crippen LogP contribution in [0.3, 0.4) is 0 Å². The van der Waals surface area contributed by atoms with Crippen molar-refractivity contribution in [3.05, 3.63) is 75.9 Å². The van der Waals surface area contributed by atoms with Crippen molar-refractivity contribution in [3.8, 4) is 0 Å². The van der Waals surface area contributed by atoms with Gasteiger partial charge < -0.3 is 66.3 Å². The first-order valence-corrected chi connectivity index (χ1v) is 41.8. The van der Waals surface area contributed by atoms with E-state index in [4.69, 9.17) is 34.4 Å². The molecule has 678 valence electrons. The van der Waals surface area contributed by atoms with Gasteiger partial charge in [0.25, 0.3) is 0 Å². The summed E-state index contributed by atoms with van der Waals surface area (Å²) in [7, 11) is 0. The van der Waals surface area contributed by atoms with Gasteiger partial charge in [-0.15, -0.1) is 39.5 Å². The third-order valence-corrected chi connectivity index (χ3v) is 19.8. The zero-order valence-corrected chi connectivity index (χ0v) is 77.2. The molecule has 116 heavy (non-hydrogen) atoms. The monoisotopic (exact) mass is 1640 g/mol. The molecule has 2 unspecified atom stereocenters. The van der Waals surface area contributed by atoms with Crippen LogP contribution in [0.4, 0.5) is 0 Å². The molecule has 0 saturated heterocycles. The minimum atomic E-state index is -0.528. The van der Waals surface area contributed by atoms with E-state index in [1.807, 2.05) is 159 Å². The van der Waals surface area contributed by atoms with Crippen LogP contribution in [0.25, 0.3) is 0 Å². The zero-order chi connectivity index (χ0) is 91.5. The van der Waals surface area contributed by atoms with Crippen molar-refractivity contribution in [1.82, 2.24) is 31.9 Å². The predicted molar refractivity (Wildman–Crippen MR) is 486 cm³/mol. The lowest BCUT2D eigenvalue weighted by atomic mass is 9.71. The number of carbonyl (C=O) groups is 12. The van der Waals surface area contributed by atoms with E-state index in [9.17, 15) is 57.5 Å². The van der Waals surface area contributed by atoms with E-state index in [0.29, 0.717) is 68.6 Å². The van der Waals surface area contributed by atoms with Gasteiger partial charge in [-0.2, -0.15) is 0 Å². The lowest BCUT2D eigenvalue weighted by Gasteiger charge is -2.36. The molecular formula is C92H178N12O12. The molecule has 12 amide bonds. The Hall–Kier alpha value is -7.92. The lowest BCUT2D eigenvalue weighted by molar-refractivity contribution is -0.138. The van der Waals surface area contributed by atoms with Crippen LogP contribution in [0.2, 0.25) is 0 Å². The van der Waals surface area contributed by atoms with Gasteiger partial charge in [0.15, 0.2) is 0 Å². The molecule has 3 fully saturated rings. The van der Waals surface area contributed by atoms with Crippen molar-refractivity contribution < 1.29 is 66.1 Å². The summed E-state index contributed by atoms with van der Waals surface area (Å²) < 4.78 is 0. The van der Waals surface area contributed by atoms with Gasteiger partial charge in [0.1, 0.15) is 0 Å². The highest BCUT2D eigenvalue weighted by molar-refractivity contribution is 5.91. The third kappa shape index (κ3) is 49.3. The Balaban J connectivity index is -0.000000178. The fraction of sp³-hybridized carbons (Fsp3) is 0.739. The molecule has 3 aliphatic rings. The van der Waals surface area contributed by atoms with Crippen molar-refractivity contribution in [1.29, 1.82) is 0 Å². The molecule has 3 aliphatic carbocycles. The molecule has 0 radical (unpaired) electrons. The summed E-state index contributed by atoms with van der Waals surface area (Å²) in [5, 5.41) is 17.7. The van der Waals surface area contributed by atoms with Crippen LogP contribution >= 0.6 is 0 Å². The SMILES string of the molecule is C=CC[C@H](C(N)=O)[C@@H](CC(C)(C)C)C(=O)NC(C)(C)C.C=CC[C@H](C(N)=O)[C@@H](CC1CC1)C(=O)NC(C)(C)C.C=CC[C@H](C(N)=O)[C@@H](CC1CC1C)C(=O)NC(C)(C)C.C=CC[C@H](C(N)=O)[C@@H](CC1CCC1)C(=O)NC(C)(C)C.C=CC[C@H](C(N)=O)[C@H](C(=O)NC(C)(C)C)C(C)(C)C.C=CC[C@H](C(N)=O)[C@H](C(=O)NC(C)(C)C)C(C)C.[HH].[HH].[HH].[HH].[HH].[HH]. The minimum absolute atomic E-state index is 0. The number of allylic oxidation sites excluding steroid dienone is 6. The Bertz CT molecular complexity index is 3190. The summed E-state index contributed by atoms with van der Waals surface area (Å²) in [4.78, 5) is 144. The van der Waals surface area contributed by atoms with Gasteiger partial charge in [-0.1, -0.05) is 131 Å². The molecule has 0 spiro atoms. The first-order valence-electron chi connectivity index (χ1n) is 41.8. The molecule has 3 saturated carbocycles. The average Bonchev–Trinajstić information content (AvgIpc) is 1.83. The second kappa shape index (κ2) is 50.1. The number of primary amides is 6. The summed E-state index contributed by atoms with van der Waals surface area (Å²) in [6.07, 6.45) is 22.4. The number of rotatable bonds is 38. The van der Waals surface area contributed by atoms with Crippen LogP contribution in [0.1, 0.15) is 298 Å². The van der Waals surface area contributed by atoms with E-state index >= 15 is 0 Å². The summed E-state index contributed by atoms with van der Waals surface area (Å²) in [6.45, 7) is 74.6. The molecule has 3 rings (SSSR count). The molecule has 0 heterocycles. The van der Waals surface area contributed by atoms with Crippen molar-refractivity contribution >= 4 is 70.9 Å². The maximum atomic E-state index is 12.5. The van der Waals surface area contributed by atoms with Crippen LogP contribution < -0.4 is 66.3 Å². The van der Waals surface area contributed by atoms with Crippen molar-refractivity contribution in [3.63, 3.8) is 0 Å². The second-order valence-electron chi connectivity index (χ2n) is 41.4. The topological polar surface area (TPSA) is 433 Å². The van der Waals surface area contributed by atoms with Crippen molar-refractivity contribution in [2.75, 3.05) is 0 Å². The molecule has 18 N–H and O–H groups in total. The maximum absolute atomic E-state index is 12.5. The highest BCUT2D eigenvalue weighted by atomic mass is 16.2. The number of nitrogens with one attached hydrogen (secondary N) is 6. The van der Waals surface area contributed by atoms with Gasteiger partial charge >= 0.3 is 0 Å². The van der Waals surface area contributed by atoms with Gasteiger partial charge in [-0.3, -0.25) is 57.5 Å². The average molecular weight is 1640 g/mol. The number of hydrogen-bond donors (Lipinski definition) is 12. The fourth-order valence-corrected chi connectivity index (χ4v) is 14.0. The number of carbonyl (C=O) groups excluding carboxylic acids is 12. The molecular weight excluding hydrogens is 1470 g/mol. The van der Waals surface area contributed by atoms with E-state index in [1.165, 1.54) is 6.42 Å². The zero-order valence-electron chi connectivity index (χ0n) is 77.2.